The van der Waals surface area contributed by atoms with E-state index in [1.807, 2.05) is 20.8 Å². The molecule has 0 amide bonds. The molecule has 1 heterocycles. The lowest BCUT2D eigenvalue weighted by molar-refractivity contribution is -0.147. The van der Waals surface area contributed by atoms with Crippen LogP contribution in [-0.4, -0.2) is 27.0 Å². The third-order valence-electron chi connectivity index (χ3n) is 2.05. The van der Waals surface area contributed by atoms with E-state index in [0.29, 0.717) is 5.75 Å². The highest BCUT2D eigenvalue weighted by Crippen LogP contribution is 2.15. The van der Waals surface area contributed by atoms with Crippen molar-refractivity contribution in [2.75, 3.05) is 0 Å². The Kier molecular flexibility index (Phi) is 3.71. The second-order valence-electron chi connectivity index (χ2n) is 3.65. The summed E-state index contributed by atoms with van der Waals surface area (Å²) in [5, 5.41) is 12.9. The highest BCUT2D eigenvalue weighted by molar-refractivity contribution is 5.73. The SMILES string of the molecule is CCn1cc(OC(C(=O)O)C(C)C)cn1. The minimum atomic E-state index is -0.950. The molecule has 1 N–H and O–H groups in total. The van der Waals surface area contributed by atoms with Gasteiger partial charge in [-0.3, -0.25) is 4.68 Å². The van der Waals surface area contributed by atoms with Gasteiger partial charge in [-0.15, -0.1) is 0 Å². The van der Waals surface area contributed by atoms with Crippen LogP contribution in [0.2, 0.25) is 0 Å². The van der Waals surface area contributed by atoms with Crippen LogP contribution in [0.1, 0.15) is 20.8 Å². The van der Waals surface area contributed by atoms with Gasteiger partial charge in [-0.25, -0.2) is 4.79 Å². The summed E-state index contributed by atoms with van der Waals surface area (Å²) in [6.07, 6.45) is 2.40. The van der Waals surface area contributed by atoms with E-state index in [4.69, 9.17) is 9.84 Å². The summed E-state index contributed by atoms with van der Waals surface area (Å²) in [6, 6.07) is 0. The minimum absolute atomic E-state index is 0.0764. The molecule has 1 atom stereocenters. The van der Waals surface area contributed by atoms with E-state index in [2.05, 4.69) is 5.10 Å². The first-order valence-corrected chi connectivity index (χ1v) is 4.96. The average molecular weight is 212 g/mol. The first-order chi connectivity index (χ1) is 7.04. The maximum atomic E-state index is 10.9. The second-order valence-corrected chi connectivity index (χ2v) is 3.65. The lowest BCUT2D eigenvalue weighted by Gasteiger charge is -2.16. The van der Waals surface area contributed by atoms with E-state index in [1.165, 1.54) is 6.20 Å². The van der Waals surface area contributed by atoms with Crippen molar-refractivity contribution in [1.82, 2.24) is 9.78 Å². The molecular formula is C10H16N2O3. The number of nitrogens with zero attached hydrogens (tertiary/aromatic N) is 2. The predicted octanol–water partition coefficient (Wildman–Crippen LogP) is 1.39. The molecule has 0 saturated heterocycles. The summed E-state index contributed by atoms with van der Waals surface area (Å²) in [5.74, 6) is -0.528. The van der Waals surface area contributed by atoms with Crippen molar-refractivity contribution in [1.29, 1.82) is 0 Å². The molecule has 5 nitrogen and oxygen atoms in total. The van der Waals surface area contributed by atoms with Crippen molar-refractivity contribution >= 4 is 5.97 Å². The normalized spacial score (nSPS) is 12.8. The van der Waals surface area contributed by atoms with E-state index in [1.54, 1.807) is 10.9 Å². The van der Waals surface area contributed by atoms with E-state index in [-0.39, 0.29) is 5.92 Å². The molecule has 5 heteroatoms. The number of carboxylic acid groups (broad SMARTS) is 1. The second kappa shape index (κ2) is 4.82. The van der Waals surface area contributed by atoms with Crippen molar-refractivity contribution in [3.63, 3.8) is 0 Å². The van der Waals surface area contributed by atoms with E-state index < -0.39 is 12.1 Å². The molecule has 0 aromatic carbocycles. The zero-order valence-corrected chi connectivity index (χ0v) is 9.17. The number of aryl methyl sites for hydroxylation is 1. The lowest BCUT2D eigenvalue weighted by Crippen LogP contribution is -2.32. The highest BCUT2D eigenvalue weighted by atomic mass is 16.5. The number of carbonyl (C=O) groups is 1. The zero-order chi connectivity index (χ0) is 11.4. The number of aliphatic carboxylic acids is 1. The Balaban J connectivity index is 2.69. The Hall–Kier alpha value is -1.52. The fourth-order valence-electron chi connectivity index (χ4n) is 1.20. The van der Waals surface area contributed by atoms with Crippen LogP contribution in [0, 0.1) is 5.92 Å². The van der Waals surface area contributed by atoms with Gasteiger partial charge in [0.15, 0.2) is 11.9 Å². The van der Waals surface area contributed by atoms with Crippen LogP contribution >= 0.6 is 0 Å². The van der Waals surface area contributed by atoms with Crippen molar-refractivity contribution in [3.8, 4) is 5.75 Å². The molecule has 0 saturated carbocycles. The van der Waals surface area contributed by atoms with Crippen LogP contribution in [-0.2, 0) is 11.3 Å². The zero-order valence-electron chi connectivity index (χ0n) is 9.17. The largest absolute Gasteiger partial charge is 0.478 e. The maximum absolute atomic E-state index is 10.9. The summed E-state index contributed by atoms with van der Waals surface area (Å²) in [6.45, 7) is 6.31. The average Bonchev–Trinajstić information content (AvgIpc) is 2.60. The molecule has 0 aliphatic carbocycles. The molecule has 0 spiro atoms. The smallest absolute Gasteiger partial charge is 0.345 e. The number of rotatable bonds is 5. The van der Waals surface area contributed by atoms with Crippen LogP contribution in [0.4, 0.5) is 0 Å². The van der Waals surface area contributed by atoms with E-state index >= 15 is 0 Å². The van der Waals surface area contributed by atoms with Crippen LogP contribution in [0.5, 0.6) is 5.75 Å². The Labute approximate surface area is 88.7 Å². The lowest BCUT2D eigenvalue weighted by atomic mass is 10.1. The number of carboxylic acids is 1. The maximum Gasteiger partial charge on any atom is 0.345 e. The molecular weight excluding hydrogens is 196 g/mol. The number of hydrogen-bond acceptors (Lipinski definition) is 3. The van der Waals surface area contributed by atoms with Crippen molar-refractivity contribution in [2.24, 2.45) is 5.92 Å². The number of aromatic nitrogens is 2. The quantitative estimate of drug-likeness (QED) is 0.801. The fourth-order valence-corrected chi connectivity index (χ4v) is 1.20. The van der Waals surface area contributed by atoms with Crippen LogP contribution in [0.3, 0.4) is 0 Å². The van der Waals surface area contributed by atoms with Gasteiger partial charge in [0.1, 0.15) is 0 Å². The van der Waals surface area contributed by atoms with Crippen molar-refractivity contribution in [2.45, 2.75) is 33.4 Å². The Morgan fingerprint density at radius 1 is 1.67 bits per heavy atom. The predicted molar refractivity (Wildman–Crippen MR) is 54.8 cm³/mol. The van der Waals surface area contributed by atoms with Gasteiger partial charge in [0, 0.05) is 12.5 Å². The third kappa shape index (κ3) is 2.97. The molecule has 0 radical (unpaired) electrons. The molecule has 15 heavy (non-hydrogen) atoms. The summed E-state index contributed by atoms with van der Waals surface area (Å²) >= 11 is 0. The molecule has 0 aliphatic heterocycles. The van der Waals surface area contributed by atoms with Gasteiger partial charge < -0.3 is 9.84 Å². The summed E-state index contributed by atoms with van der Waals surface area (Å²) in [5.41, 5.74) is 0. The van der Waals surface area contributed by atoms with Gasteiger partial charge >= 0.3 is 5.97 Å². The minimum Gasteiger partial charge on any atom is -0.478 e. The first-order valence-electron chi connectivity index (χ1n) is 4.96. The molecule has 1 unspecified atom stereocenters. The van der Waals surface area contributed by atoms with E-state index in [9.17, 15) is 4.79 Å². The topological polar surface area (TPSA) is 64.3 Å². The van der Waals surface area contributed by atoms with E-state index in [0.717, 1.165) is 6.54 Å². The number of ether oxygens (including phenoxy) is 1. The van der Waals surface area contributed by atoms with Gasteiger partial charge in [0.2, 0.25) is 0 Å². The van der Waals surface area contributed by atoms with Crippen LogP contribution < -0.4 is 4.74 Å². The first kappa shape index (κ1) is 11.6. The summed E-state index contributed by atoms with van der Waals surface area (Å²) < 4.78 is 7.03. The Morgan fingerprint density at radius 3 is 2.73 bits per heavy atom. The highest BCUT2D eigenvalue weighted by Gasteiger charge is 2.23. The third-order valence-corrected chi connectivity index (χ3v) is 2.05. The number of hydrogen-bond donors (Lipinski definition) is 1. The van der Waals surface area contributed by atoms with Crippen LogP contribution in [0.15, 0.2) is 12.4 Å². The van der Waals surface area contributed by atoms with Gasteiger partial charge in [0.25, 0.3) is 0 Å². The van der Waals surface area contributed by atoms with Crippen molar-refractivity contribution in [3.05, 3.63) is 12.4 Å². The van der Waals surface area contributed by atoms with Gasteiger partial charge in [-0.1, -0.05) is 13.8 Å². The molecule has 1 aromatic rings. The molecule has 0 fully saturated rings. The molecule has 84 valence electrons. The molecule has 1 rings (SSSR count). The van der Waals surface area contributed by atoms with Gasteiger partial charge in [-0.2, -0.15) is 5.10 Å². The Bertz CT molecular complexity index is 333. The summed E-state index contributed by atoms with van der Waals surface area (Å²) in [4.78, 5) is 10.9. The monoisotopic (exact) mass is 212 g/mol. The molecule has 0 bridgehead atoms. The van der Waals surface area contributed by atoms with Gasteiger partial charge in [-0.05, 0) is 6.92 Å². The van der Waals surface area contributed by atoms with Gasteiger partial charge in [0.05, 0.1) is 12.4 Å². The summed E-state index contributed by atoms with van der Waals surface area (Å²) in [7, 11) is 0. The van der Waals surface area contributed by atoms with Crippen LogP contribution in [0.25, 0.3) is 0 Å². The fraction of sp³-hybridized carbons (Fsp3) is 0.600. The Morgan fingerprint density at radius 2 is 2.33 bits per heavy atom. The van der Waals surface area contributed by atoms with Crippen molar-refractivity contribution < 1.29 is 14.6 Å². The molecule has 1 aromatic heterocycles. The standard InChI is InChI=1S/C10H16N2O3/c1-4-12-6-8(5-11-12)15-9(7(2)3)10(13)14/h5-7,9H,4H2,1-3H3,(H,13,14). The molecule has 0 aliphatic rings.